The van der Waals surface area contributed by atoms with Gasteiger partial charge in [-0.05, 0) is 75.1 Å². The lowest BCUT2D eigenvalue weighted by molar-refractivity contribution is 0.402. The van der Waals surface area contributed by atoms with E-state index in [1.165, 1.54) is 13.5 Å². The Balaban J connectivity index is 1.49. The first-order chi connectivity index (χ1) is 15.8. The highest BCUT2D eigenvalue weighted by Crippen LogP contribution is 2.28. The van der Waals surface area contributed by atoms with Crippen LogP contribution in [0.3, 0.4) is 0 Å². The first-order valence-electron chi connectivity index (χ1n) is 11.0. The van der Waals surface area contributed by atoms with E-state index in [1.54, 1.807) is 24.3 Å². The van der Waals surface area contributed by atoms with Gasteiger partial charge in [-0.2, -0.15) is 4.98 Å². The molecule has 2 N–H and O–H groups in total. The van der Waals surface area contributed by atoms with Crippen LogP contribution in [0.2, 0.25) is 0 Å². The Hall–Kier alpha value is -3.33. The molecule has 8 nitrogen and oxygen atoms in total. The molecule has 0 aliphatic carbocycles. The zero-order valence-electron chi connectivity index (χ0n) is 19.1. The molecule has 33 heavy (non-hydrogen) atoms. The molecule has 0 saturated carbocycles. The van der Waals surface area contributed by atoms with E-state index in [-0.39, 0.29) is 4.90 Å². The lowest BCUT2D eigenvalue weighted by atomic mass is 10.1. The van der Waals surface area contributed by atoms with Gasteiger partial charge in [-0.3, -0.25) is 4.72 Å². The van der Waals surface area contributed by atoms with Gasteiger partial charge in [0, 0.05) is 36.2 Å². The molecule has 9 heteroatoms. The number of piperidine rings is 1. The molecule has 0 amide bonds. The van der Waals surface area contributed by atoms with E-state index >= 15 is 0 Å². The highest BCUT2D eigenvalue weighted by Gasteiger charge is 2.20. The van der Waals surface area contributed by atoms with Crippen molar-refractivity contribution < 1.29 is 13.2 Å². The summed E-state index contributed by atoms with van der Waals surface area (Å²) >= 11 is 0. The number of aryl methyl sites for hydroxylation is 2. The Morgan fingerprint density at radius 2 is 1.61 bits per heavy atom. The summed E-state index contributed by atoms with van der Waals surface area (Å²) in [5, 5.41) is 3.30. The van der Waals surface area contributed by atoms with E-state index in [0.29, 0.717) is 17.3 Å². The molecule has 0 atom stereocenters. The SMILES string of the molecule is COc1ccc(C)cc1S(=O)(=O)Nc1ccc(Nc2cc(C)nc(N3CCCCC3)n2)cc1. The van der Waals surface area contributed by atoms with E-state index < -0.39 is 10.0 Å². The molecule has 0 spiro atoms. The Labute approximate surface area is 195 Å². The minimum absolute atomic E-state index is 0.105. The number of rotatable bonds is 7. The minimum Gasteiger partial charge on any atom is -0.495 e. The van der Waals surface area contributed by atoms with Crippen LogP contribution in [0.5, 0.6) is 5.75 Å². The van der Waals surface area contributed by atoms with E-state index in [1.807, 2.05) is 38.1 Å². The number of nitrogens with one attached hydrogen (secondary N) is 2. The van der Waals surface area contributed by atoms with Gasteiger partial charge < -0.3 is 15.0 Å². The molecule has 0 unspecified atom stereocenters. The monoisotopic (exact) mass is 467 g/mol. The summed E-state index contributed by atoms with van der Waals surface area (Å²) in [4.78, 5) is 11.6. The van der Waals surface area contributed by atoms with Gasteiger partial charge in [0.25, 0.3) is 10.0 Å². The van der Waals surface area contributed by atoms with Gasteiger partial charge in [0.05, 0.1) is 7.11 Å². The second-order valence-electron chi connectivity index (χ2n) is 8.20. The fraction of sp³-hybridized carbons (Fsp3) is 0.333. The predicted molar refractivity (Wildman–Crippen MR) is 131 cm³/mol. The second-order valence-corrected chi connectivity index (χ2v) is 9.86. The highest BCUT2D eigenvalue weighted by atomic mass is 32.2. The number of anilines is 4. The number of aromatic nitrogens is 2. The molecule has 0 radical (unpaired) electrons. The van der Waals surface area contributed by atoms with Gasteiger partial charge >= 0.3 is 0 Å². The molecule has 1 saturated heterocycles. The van der Waals surface area contributed by atoms with Gasteiger partial charge in [-0.15, -0.1) is 0 Å². The van der Waals surface area contributed by atoms with Crippen molar-refractivity contribution in [3.8, 4) is 5.75 Å². The molecular weight excluding hydrogens is 438 g/mol. The van der Waals surface area contributed by atoms with E-state index in [2.05, 4.69) is 24.9 Å². The lowest BCUT2D eigenvalue weighted by Crippen LogP contribution is -2.31. The van der Waals surface area contributed by atoms with Gasteiger partial charge in [-0.1, -0.05) is 6.07 Å². The molecule has 2 aromatic carbocycles. The molecule has 2 heterocycles. The van der Waals surface area contributed by atoms with Crippen molar-refractivity contribution in [3.05, 3.63) is 59.8 Å². The zero-order chi connectivity index (χ0) is 23.4. The van der Waals surface area contributed by atoms with Gasteiger partial charge in [0.15, 0.2) is 0 Å². The Morgan fingerprint density at radius 1 is 0.909 bits per heavy atom. The number of hydrogen-bond donors (Lipinski definition) is 2. The van der Waals surface area contributed by atoms with Crippen LogP contribution in [-0.4, -0.2) is 38.6 Å². The summed E-state index contributed by atoms with van der Waals surface area (Å²) in [7, 11) is -2.34. The summed E-state index contributed by atoms with van der Waals surface area (Å²) in [5.74, 6) is 1.75. The topological polar surface area (TPSA) is 96.5 Å². The predicted octanol–water partition coefficient (Wildman–Crippen LogP) is 4.64. The van der Waals surface area contributed by atoms with E-state index in [9.17, 15) is 8.42 Å². The number of benzene rings is 2. The van der Waals surface area contributed by atoms with Crippen molar-refractivity contribution in [2.45, 2.75) is 38.0 Å². The van der Waals surface area contributed by atoms with Gasteiger partial charge in [0.1, 0.15) is 16.5 Å². The average molecular weight is 468 g/mol. The smallest absolute Gasteiger partial charge is 0.265 e. The average Bonchev–Trinajstić information content (AvgIpc) is 2.80. The van der Waals surface area contributed by atoms with Crippen LogP contribution in [-0.2, 0) is 10.0 Å². The largest absolute Gasteiger partial charge is 0.495 e. The van der Waals surface area contributed by atoms with E-state index in [0.717, 1.165) is 48.8 Å². The third kappa shape index (κ3) is 5.54. The van der Waals surface area contributed by atoms with Crippen LogP contribution < -0.4 is 19.7 Å². The molecule has 4 rings (SSSR count). The lowest BCUT2D eigenvalue weighted by Gasteiger charge is -2.27. The molecule has 1 aliphatic heterocycles. The van der Waals surface area contributed by atoms with E-state index in [4.69, 9.17) is 4.74 Å². The summed E-state index contributed by atoms with van der Waals surface area (Å²) in [6.07, 6.45) is 3.57. The van der Waals surface area contributed by atoms with Crippen molar-refractivity contribution in [1.29, 1.82) is 0 Å². The fourth-order valence-corrected chi connectivity index (χ4v) is 5.14. The second kappa shape index (κ2) is 9.66. The number of sulfonamides is 1. The number of nitrogens with zero attached hydrogens (tertiary/aromatic N) is 3. The van der Waals surface area contributed by atoms with Crippen LogP contribution >= 0.6 is 0 Å². The fourth-order valence-electron chi connectivity index (χ4n) is 3.83. The van der Waals surface area contributed by atoms with Crippen LogP contribution in [0.25, 0.3) is 0 Å². The molecule has 1 aliphatic rings. The summed E-state index contributed by atoms with van der Waals surface area (Å²) in [6.45, 7) is 5.75. The Kier molecular flexibility index (Phi) is 6.69. The van der Waals surface area contributed by atoms with Crippen molar-refractivity contribution in [3.63, 3.8) is 0 Å². The number of ether oxygens (including phenoxy) is 1. The van der Waals surface area contributed by atoms with Crippen LogP contribution in [0.15, 0.2) is 53.4 Å². The maximum absolute atomic E-state index is 12.9. The third-order valence-electron chi connectivity index (χ3n) is 5.50. The Morgan fingerprint density at radius 3 is 2.30 bits per heavy atom. The molecule has 0 bridgehead atoms. The zero-order valence-corrected chi connectivity index (χ0v) is 19.9. The number of hydrogen-bond acceptors (Lipinski definition) is 7. The highest BCUT2D eigenvalue weighted by molar-refractivity contribution is 7.92. The van der Waals surface area contributed by atoms with Gasteiger partial charge in [-0.25, -0.2) is 13.4 Å². The maximum atomic E-state index is 12.9. The van der Waals surface area contributed by atoms with Crippen molar-refractivity contribution in [2.24, 2.45) is 0 Å². The van der Waals surface area contributed by atoms with Crippen molar-refractivity contribution in [2.75, 3.05) is 35.1 Å². The first kappa shape index (κ1) is 22.8. The molecule has 1 aromatic heterocycles. The summed E-state index contributed by atoms with van der Waals surface area (Å²) < 4.78 is 33.7. The van der Waals surface area contributed by atoms with Gasteiger partial charge in [0.2, 0.25) is 5.95 Å². The molecule has 3 aromatic rings. The normalized spacial score (nSPS) is 14.1. The van der Waals surface area contributed by atoms with Crippen LogP contribution in [0.4, 0.5) is 23.1 Å². The third-order valence-corrected chi connectivity index (χ3v) is 6.90. The summed E-state index contributed by atoms with van der Waals surface area (Å²) in [6, 6.07) is 14.0. The first-order valence-corrected chi connectivity index (χ1v) is 12.5. The standard InChI is InChI=1S/C24H29N5O3S/c1-17-7-12-21(32-3)22(15-17)33(30,31)28-20-10-8-19(9-11-20)26-23-16-18(2)25-24(27-23)29-13-5-4-6-14-29/h7-12,15-16,28H,4-6,13-14H2,1-3H3,(H,25,26,27). The van der Waals surface area contributed by atoms with Crippen LogP contribution in [0, 0.1) is 13.8 Å². The van der Waals surface area contributed by atoms with Crippen molar-refractivity contribution >= 4 is 33.2 Å². The minimum atomic E-state index is -3.80. The molecule has 174 valence electrons. The van der Waals surface area contributed by atoms with Crippen LogP contribution in [0.1, 0.15) is 30.5 Å². The summed E-state index contributed by atoms with van der Waals surface area (Å²) in [5.41, 5.74) is 2.98. The van der Waals surface area contributed by atoms with Crippen molar-refractivity contribution in [1.82, 2.24) is 9.97 Å². The maximum Gasteiger partial charge on any atom is 0.265 e. The quantitative estimate of drug-likeness (QED) is 0.523. The Bertz CT molecular complexity index is 1220. The molecule has 1 fully saturated rings. The number of methoxy groups -OCH3 is 1. The molecular formula is C24H29N5O3S.